The third kappa shape index (κ3) is 5.58. The summed E-state index contributed by atoms with van der Waals surface area (Å²) in [5, 5.41) is 9.60. The largest absolute Gasteiger partial charge is 0.341 e. The predicted octanol–water partition coefficient (Wildman–Crippen LogP) is 4.93. The number of hydrogen-bond donors (Lipinski definition) is 0. The van der Waals surface area contributed by atoms with Crippen molar-refractivity contribution in [2.45, 2.75) is 18.2 Å². The van der Waals surface area contributed by atoms with E-state index in [1.807, 2.05) is 47.0 Å². The molecule has 0 aliphatic rings. The van der Waals surface area contributed by atoms with Crippen LogP contribution in [0.3, 0.4) is 0 Å². The standard InChI is InChI=1S/C24H21ClFN5OS/c1-30(15-19-20(25)10-5-11-21(19)26)22(32)16-33-24-29-28-23(18-9-6-12-27-13-18)31(24)14-17-7-3-2-4-8-17/h2-13H,14-16H2,1H3. The van der Waals surface area contributed by atoms with E-state index in [4.69, 9.17) is 11.6 Å². The quantitative estimate of drug-likeness (QED) is 0.334. The van der Waals surface area contributed by atoms with Crippen LogP contribution in [0.15, 0.2) is 78.2 Å². The second kappa shape index (κ2) is 10.6. The number of hydrogen-bond acceptors (Lipinski definition) is 5. The Morgan fingerprint density at radius 2 is 1.91 bits per heavy atom. The molecule has 0 unspecified atom stereocenters. The van der Waals surface area contributed by atoms with Gasteiger partial charge in [0, 0.05) is 42.1 Å². The SMILES string of the molecule is CN(Cc1c(F)cccc1Cl)C(=O)CSc1nnc(-c2cccnc2)n1Cc1ccccc1. The second-order valence-corrected chi connectivity index (χ2v) is 8.71. The highest BCUT2D eigenvalue weighted by Crippen LogP contribution is 2.26. The van der Waals surface area contributed by atoms with Gasteiger partial charge in [0.25, 0.3) is 0 Å². The van der Waals surface area contributed by atoms with Crippen LogP contribution in [0.4, 0.5) is 4.39 Å². The van der Waals surface area contributed by atoms with Crippen LogP contribution < -0.4 is 0 Å². The molecule has 0 atom stereocenters. The maximum atomic E-state index is 14.1. The molecule has 4 rings (SSSR count). The maximum absolute atomic E-state index is 14.1. The van der Waals surface area contributed by atoms with Crippen LogP contribution in [0.2, 0.25) is 5.02 Å². The lowest BCUT2D eigenvalue weighted by Crippen LogP contribution is -2.28. The van der Waals surface area contributed by atoms with Crippen LogP contribution in [0.25, 0.3) is 11.4 Å². The van der Waals surface area contributed by atoms with Crippen molar-refractivity contribution in [3.63, 3.8) is 0 Å². The lowest BCUT2D eigenvalue weighted by molar-refractivity contribution is -0.127. The van der Waals surface area contributed by atoms with Crippen molar-refractivity contribution >= 4 is 29.3 Å². The zero-order chi connectivity index (χ0) is 23.2. The molecule has 2 aromatic carbocycles. The molecule has 0 saturated carbocycles. The molecule has 1 amide bonds. The van der Waals surface area contributed by atoms with E-state index in [9.17, 15) is 9.18 Å². The van der Waals surface area contributed by atoms with Crippen molar-refractivity contribution < 1.29 is 9.18 Å². The van der Waals surface area contributed by atoms with E-state index in [1.54, 1.807) is 25.5 Å². The topological polar surface area (TPSA) is 63.9 Å². The van der Waals surface area contributed by atoms with Gasteiger partial charge >= 0.3 is 0 Å². The molecule has 2 aromatic heterocycles. The van der Waals surface area contributed by atoms with Crippen molar-refractivity contribution in [2.24, 2.45) is 0 Å². The molecule has 33 heavy (non-hydrogen) atoms. The van der Waals surface area contributed by atoms with Crippen LogP contribution in [-0.4, -0.2) is 43.4 Å². The minimum atomic E-state index is -0.432. The van der Waals surface area contributed by atoms with Crippen LogP contribution in [-0.2, 0) is 17.9 Å². The molecule has 0 aliphatic carbocycles. The Hall–Kier alpha value is -3.23. The number of carbonyl (C=O) groups is 1. The van der Waals surface area contributed by atoms with E-state index in [0.717, 1.165) is 11.1 Å². The summed E-state index contributed by atoms with van der Waals surface area (Å²) in [5.41, 5.74) is 2.22. The van der Waals surface area contributed by atoms with E-state index in [0.29, 0.717) is 28.1 Å². The normalized spacial score (nSPS) is 10.9. The van der Waals surface area contributed by atoms with Gasteiger partial charge in [0.2, 0.25) is 5.91 Å². The monoisotopic (exact) mass is 481 g/mol. The van der Waals surface area contributed by atoms with Gasteiger partial charge in [0.1, 0.15) is 5.82 Å². The van der Waals surface area contributed by atoms with Gasteiger partial charge in [-0.25, -0.2) is 4.39 Å². The van der Waals surface area contributed by atoms with Gasteiger partial charge in [-0.2, -0.15) is 0 Å². The Morgan fingerprint density at radius 1 is 1.09 bits per heavy atom. The average Bonchev–Trinajstić information content (AvgIpc) is 3.23. The summed E-state index contributed by atoms with van der Waals surface area (Å²) in [4.78, 5) is 18.4. The van der Waals surface area contributed by atoms with E-state index < -0.39 is 5.82 Å². The molecular weight excluding hydrogens is 461 g/mol. The van der Waals surface area contributed by atoms with Gasteiger partial charge in [-0.1, -0.05) is 59.8 Å². The summed E-state index contributed by atoms with van der Waals surface area (Å²) in [7, 11) is 1.63. The maximum Gasteiger partial charge on any atom is 0.233 e. The first-order chi connectivity index (χ1) is 16.0. The molecule has 168 valence electrons. The van der Waals surface area contributed by atoms with Gasteiger partial charge < -0.3 is 4.90 Å². The van der Waals surface area contributed by atoms with Gasteiger partial charge in [-0.3, -0.25) is 14.3 Å². The minimum absolute atomic E-state index is 0.0859. The fraction of sp³-hybridized carbons (Fsp3) is 0.167. The Balaban J connectivity index is 1.51. The van der Waals surface area contributed by atoms with Crippen molar-refractivity contribution in [3.8, 4) is 11.4 Å². The number of carbonyl (C=O) groups excluding carboxylic acids is 1. The van der Waals surface area contributed by atoms with Crippen LogP contribution in [0.5, 0.6) is 0 Å². The summed E-state index contributed by atoms with van der Waals surface area (Å²) < 4.78 is 16.1. The fourth-order valence-electron chi connectivity index (χ4n) is 3.26. The molecule has 4 aromatic rings. The second-order valence-electron chi connectivity index (χ2n) is 7.36. The van der Waals surface area contributed by atoms with Gasteiger partial charge in [0.05, 0.1) is 12.3 Å². The van der Waals surface area contributed by atoms with Crippen LogP contribution in [0, 0.1) is 5.82 Å². The van der Waals surface area contributed by atoms with E-state index in [1.165, 1.54) is 28.8 Å². The third-order valence-electron chi connectivity index (χ3n) is 5.03. The molecule has 0 bridgehead atoms. The van der Waals surface area contributed by atoms with E-state index >= 15 is 0 Å². The molecule has 0 N–H and O–H groups in total. The Bertz CT molecular complexity index is 1220. The molecule has 0 saturated heterocycles. The number of benzene rings is 2. The number of nitrogens with zero attached hydrogens (tertiary/aromatic N) is 5. The summed E-state index contributed by atoms with van der Waals surface area (Å²) in [6.45, 7) is 0.637. The smallest absolute Gasteiger partial charge is 0.233 e. The number of pyridine rings is 1. The number of thioether (sulfide) groups is 1. The molecule has 2 heterocycles. The predicted molar refractivity (Wildman–Crippen MR) is 127 cm³/mol. The molecule has 0 spiro atoms. The summed E-state index contributed by atoms with van der Waals surface area (Å²) in [6.07, 6.45) is 3.43. The number of rotatable bonds is 8. The third-order valence-corrected chi connectivity index (χ3v) is 6.33. The zero-order valence-corrected chi connectivity index (χ0v) is 19.4. The van der Waals surface area contributed by atoms with Gasteiger partial charge in [-0.15, -0.1) is 10.2 Å². The van der Waals surface area contributed by atoms with Crippen LogP contribution >= 0.6 is 23.4 Å². The van der Waals surface area contributed by atoms with Gasteiger partial charge in [0.15, 0.2) is 11.0 Å². The molecule has 0 aliphatic heterocycles. The average molecular weight is 482 g/mol. The van der Waals surface area contributed by atoms with Crippen molar-refractivity contribution in [1.29, 1.82) is 0 Å². The highest BCUT2D eigenvalue weighted by molar-refractivity contribution is 7.99. The first-order valence-electron chi connectivity index (χ1n) is 10.2. The van der Waals surface area contributed by atoms with Gasteiger partial charge in [-0.05, 0) is 29.8 Å². The summed E-state index contributed by atoms with van der Waals surface area (Å²) in [6, 6.07) is 18.2. The zero-order valence-electron chi connectivity index (χ0n) is 17.9. The first kappa shape index (κ1) is 22.9. The minimum Gasteiger partial charge on any atom is -0.341 e. The lowest BCUT2D eigenvalue weighted by atomic mass is 10.2. The molecule has 0 radical (unpaired) electrons. The van der Waals surface area contributed by atoms with Crippen molar-refractivity contribution in [3.05, 3.63) is 95.0 Å². The number of amides is 1. The van der Waals surface area contributed by atoms with Crippen molar-refractivity contribution in [2.75, 3.05) is 12.8 Å². The van der Waals surface area contributed by atoms with Crippen molar-refractivity contribution in [1.82, 2.24) is 24.6 Å². The Kier molecular flexibility index (Phi) is 7.36. The molecular formula is C24H21ClFN5OS. The highest BCUT2D eigenvalue weighted by atomic mass is 35.5. The van der Waals surface area contributed by atoms with Crippen LogP contribution in [0.1, 0.15) is 11.1 Å². The lowest BCUT2D eigenvalue weighted by Gasteiger charge is -2.18. The first-order valence-corrected chi connectivity index (χ1v) is 11.6. The summed E-state index contributed by atoms with van der Waals surface area (Å²) in [5.74, 6) is 0.200. The summed E-state index contributed by atoms with van der Waals surface area (Å²) >= 11 is 7.39. The number of aromatic nitrogens is 4. The highest BCUT2D eigenvalue weighted by Gasteiger charge is 2.19. The molecule has 6 nitrogen and oxygen atoms in total. The van der Waals surface area contributed by atoms with E-state index in [-0.39, 0.29) is 18.2 Å². The fourth-order valence-corrected chi connectivity index (χ4v) is 4.36. The Morgan fingerprint density at radius 3 is 2.64 bits per heavy atom. The molecule has 0 fully saturated rings. The molecule has 9 heteroatoms. The Labute approximate surface area is 200 Å². The van der Waals surface area contributed by atoms with E-state index in [2.05, 4.69) is 15.2 Å². The number of halogens is 2.